The highest BCUT2D eigenvalue weighted by Crippen LogP contribution is 2.44. The number of benzene rings is 4. The molecule has 332 valence electrons. The molecule has 6 nitrogen and oxygen atoms in total. The van der Waals surface area contributed by atoms with Gasteiger partial charge in [-0.15, -0.1) is 0 Å². The van der Waals surface area contributed by atoms with Crippen molar-refractivity contribution in [1.82, 2.24) is 10.6 Å². The van der Waals surface area contributed by atoms with Gasteiger partial charge in [-0.2, -0.15) is 0 Å². The zero-order valence-electron chi connectivity index (χ0n) is 39.6. The predicted molar refractivity (Wildman–Crippen MR) is 264 cm³/mol. The van der Waals surface area contributed by atoms with Gasteiger partial charge in [-0.25, -0.2) is 0 Å². The highest BCUT2D eigenvalue weighted by molar-refractivity contribution is 7.80. The van der Waals surface area contributed by atoms with Gasteiger partial charge in [0.25, 0.3) is 0 Å². The van der Waals surface area contributed by atoms with Gasteiger partial charge in [0.1, 0.15) is 46.2 Å². The molecule has 2 heterocycles. The molecule has 4 aromatic rings. The van der Waals surface area contributed by atoms with Crippen LogP contribution in [0.15, 0.2) is 48.5 Å². The molecule has 12 bridgehead atoms. The molecule has 0 saturated carbocycles. The number of hydrogen-bond acceptors (Lipinski definition) is 6. The van der Waals surface area contributed by atoms with E-state index in [1.807, 2.05) is 0 Å². The summed E-state index contributed by atoms with van der Waals surface area (Å²) in [5, 5.41) is 6.93. The summed E-state index contributed by atoms with van der Waals surface area (Å²) in [5.41, 5.74) is 13.7. The smallest absolute Gasteiger partial charge is 0.138 e. The van der Waals surface area contributed by atoms with Gasteiger partial charge in [0, 0.05) is 38.8 Å². The number of ether oxygens (including phenoxy) is 4. The molecule has 1 aliphatic carbocycles. The third-order valence-electron chi connectivity index (χ3n) is 12.4. The lowest BCUT2D eigenvalue weighted by molar-refractivity contribution is 0.305. The second-order valence-corrected chi connectivity index (χ2v) is 22.9. The fraction of sp³-hybridized carbons (Fsp3) is 0.519. The van der Waals surface area contributed by atoms with Crippen LogP contribution in [0.5, 0.6) is 23.0 Å². The summed E-state index contributed by atoms with van der Waals surface area (Å²) in [5.74, 6) is 3.64. The molecule has 2 N–H and O–H groups in total. The quantitative estimate of drug-likeness (QED) is 0.149. The molecule has 62 heavy (non-hydrogen) atoms. The lowest BCUT2D eigenvalue weighted by atomic mass is 9.79. The van der Waals surface area contributed by atoms with Crippen LogP contribution in [0.1, 0.15) is 163 Å². The van der Waals surface area contributed by atoms with Crippen LogP contribution in [-0.4, -0.2) is 49.5 Å². The van der Waals surface area contributed by atoms with Gasteiger partial charge in [-0.1, -0.05) is 156 Å². The molecule has 0 saturated heterocycles. The van der Waals surface area contributed by atoms with Crippen molar-refractivity contribution in [2.24, 2.45) is 0 Å². The molecule has 2 aliphatic heterocycles. The van der Waals surface area contributed by atoms with E-state index in [1.165, 1.54) is 22.3 Å². The number of nitrogens with one attached hydrogen (secondary N) is 2. The molecular formula is C54H70N2O4S2. The molecule has 7 rings (SSSR count). The standard InChI is InChI=1S/C54H70N2O4S2/c1-51(2,3)41-23-33-19-37-27-43(53(7,8)9)30-40-22-36-26-42(52(4,5)6)24-34-20-38-28-44(54(10,11)12)29-39(50(38)60-32-46(62)56-16-14-18-58-48(34)36)21-35(25-41)47(33)57-17-13-15-55-45(61)31-59-49(37)40/h23-30H,13-22,31-32H2,1-12H3,(H,55,61)(H,56,62). The largest absolute Gasteiger partial charge is 0.493 e. The Morgan fingerprint density at radius 3 is 0.823 bits per heavy atom. The average Bonchev–Trinajstić information content (AvgIpc) is 3.18. The van der Waals surface area contributed by atoms with Crippen LogP contribution in [0.25, 0.3) is 0 Å². The fourth-order valence-electron chi connectivity index (χ4n) is 8.69. The van der Waals surface area contributed by atoms with Crippen molar-refractivity contribution in [3.8, 4) is 23.0 Å². The third-order valence-corrected chi connectivity index (χ3v) is 13.0. The van der Waals surface area contributed by atoms with Gasteiger partial charge in [-0.05, 0) is 101 Å². The van der Waals surface area contributed by atoms with Crippen LogP contribution in [0.4, 0.5) is 0 Å². The Balaban J connectivity index is 1.65. The second-order valence-electron chi connectivity index (χ2n) is 21.9. The van der Waals surface area contributed by atoms with E-state index < -0.39 is 0 Å². The lowest BCUT2D eigenvalue weighted by Gasteiger charge is -2.29. The molecule has 0 atom stereocenters. The van der Waals surface area contributed by atoms with E-state index >= 15 is 0 Å². The maximum Gasteiger partial charge on any atom is 0.138 e. The van der Waals surface area contributed by atoms with Crippen LogP contribution in [-0.2, 0) is 47.3 Å². The molecule has 8 heteroatoms. The number of hydrogen-bond donors (Lipinski definition) is 2. The summed E-state index contributed by atoms with van der Waals surface area (Å²) < 4.78 is 28.1. The maximum absolute atomic E-state index is 7.04. The van der Waals surface area contributed by atoms with Gasteiger partial charge in [0.15, 0.2) is 0 Å². The minimum absolute atomic E-state index is 0.120. The van der Waals surface area contributed by atoms with Crippen molar-refractivity contribution in [2.45, 2.75) is 143 Å². The first kappa shape index (κ1) is 45.9. The second kappa shape index (κ2) is 17.8. The summed E-state index contributed by atoms with van der Waals surface area (Å²) >= 11 is 11.8. The first-order valence-electron chi connectivity index (χ1n) is 22.7. The number of rotatable bonds is 0. The van der Waals surface area contributed by atoms with Crippen LogP contribution < -0.4 is 29.6 Å². The fourth-order valence-corrected chi connectivity index (χ4v) is 9.01. The summed E-state index contributed by atoms with van der Waals surface area (Å²) in [4.78, 5) is 1.38. The van der Waals surface area contributed by atoms with Gasteiger partial charge in [0.2, 0.25) is 0 Å². The van der Waals surface area contributed by atoms with E-state index in [1.54, 1.807) is 0 Å². The van der Waals surface area contributed by atoms with E-state index in [0.717, 1.165) is 80.3 Å². The predicted octanol–water partition coefficient (Wildman–Crippen LogP) is 11.7. The van der Waals surface area contributed by atoms with E-state index in [9.17, 15) is 0 Å². The van der Waals surface area contributed by atoms with Crippen molar-refractivity contribution in [3.05, 3.63) is 115 Å². The maximum atomic E-state index is 7.04. The SMILES string of the molecule is CC(C)(C)c1cc2c3c(c1)Cc1cc(C(C)(C)C)cc4c1OCC(=S)NCCCOc1c(cc(C(C)(C)C)cc1C4)Cc1cc(C(C)(C)C)cc(c1OCC(=S)NCCCO3)C2. The summed E-state index contributed by atoms with van der Waals surface area (Å²) in [6.07, 6.45) is 4.09. The molecular weight excluding hydrogens is 805 g/mol. The molecule has 0 spiro atoms. The molecule has 0 radical (unpaired) electrons. The Hall–Kier alpha value is -4.14. The normalized spacial score (nSPS) is 16.8. The average molecular weight is 875 g/mol. The Morgan fingerprint density at radius 1 is 0.371 bits per heavy atom. The molecule has 0 aromatic heterocycles. The monoisotopic (exact) mass is 874 g/mol. The first-order valence-corrected chi connectivity index (χ1v) is 23.6. The minimum Gasteiger partial charge on any atom is -0.493 e. The third kappa shape index (κ3) is 10.6. The zero-order valence-corrected chi connectivity index (χ0v) is 41.2. The Labute approximate surface area is 383 Å². The van der Waals surface area contributed by atoms with E-state index in [-0.39, 0.29) is 21.7 Å². The molecule has 0 fully saturated rings. The summed E-state index contributed by atoms with van der Waals surface area (Å²) in [6.45, 7) is 30.7. The highest BCUT2D eigenvalue weighted by Gasteiger charge is 2.30. The van der Waals surface area contributed by atoms with Crippen molar-refractivity contribution < 1.29 is 18.9 Å². The Kier molecular flexibility index (Phi) is 13.2. The van der Waals surface area contributed by atoms with E-state index in [4.69, 9.17) is 43.4 Å². The van der Waals surface area contributed by atoms with Crippen molar-refractivity contribution >= 4 is 34.4 Å². The van der Waals surface area contributed by atoms with Crippen LogP contribution >= 0.6 is 24.4 Å². The molecule has 0 amide bonds. The Bertz CT molecular complexity index is 2190. The van der Waals surface area contributed by atoms with Crippen molar-refractivity contribution in [3.63, 3.8) is 0 Å². The van der Waals surface area contributed by atoms with Crippen molar-refractivity contribution in [1.29, 1.82) is 0 Å². The van der Waals surface area contributed by atoms with Gasteiger partial charge in [-0.3, -0.25) is 0 Å². The van der Waals surface area contributed by atoms with Crippen molar-refractivity contribution in [2.75, 3.05) is 39.5 Å². The summed E-state index contributed by atoms with van der Waals surface area (Å²) in [6, 6.07) is 19.0. The zero-order chi connectivity index (χ0) is 44.8. The van der Waals surface area contributed by atoms with E-state index in [0.29, 0.717) is 75.2 Å². The molecule has 4 aromatic carbocycles. The van der Waals surface area contributed by atoms with Crippen LogP contribution in [0.2, 0.25) is 0 Å². The topological polar surface area (TPSA) is 61.0 Å². The van der Waals surface area contributed by atoms with Gasteiger partial charge >= 0.3 is 0 Å². The van der Waals surface area contributed by atoms with Crippen LogP contribution in [0.3, 0.4) is 0 Å². The lowest BCUT2D eigenvalue weighted by Crippen LogP contribution is -2.29. The summed E-state index contributed by atoms with van der Waals surface area (Å²) in [7, 11) is 0. The first-order chi connectivity index (χ1) is 29.0. The van der Waals surface area contributed by atoms with Crippen LogP contribution in [0, 0.1) is 0 Å². The molecule has 3 aliphatic rings. The number of thiocarbonyl (C=S) groups is 2. The Morgan fingerprint density at radius 2 is 0.597 bits per heavy atom. The highest BCUT2D eigenvalue weighted by atomic mass is 32.1. The molecule has 0 unspecified atom stereocenters. The van der Waals surface area contributed by atoms with E-state index in [2.05, 4.69) is 142 Å². The van der Waals surface area contributed by atoms with Gasteiger partial charge in [0.05, 0.1) is 13.2 Å². The minimum atomic E-state index is -0.123. The van der Waals surface area contributed by atoms with Gasteiger partial charge < -0.3 is 29.6 Å².